The Morgan fingerprint density at radius 1 is 1.71 bits per heavy atom. The molecule has 1 aliphatic heterocycles. The third-order valence-electron chi connectivity index (χ3n) is 2.00. The van der Waals surface area contributed by atoms with Crippen LogP contribution in [0.4, 0.5) is 0 Å². The molecule has 4 nitrogen and oxygen atoms in total. The number of hydrogen-bond acceptors (Lipinski definition) is 4. The minimum atomic E-state index is -0.395. The minimum Gasteiger partial charge on any atom is -0.510 e. The summed E-state index contributed by atoms with van der Waals surface area (Å²) in [6.07, 6.45) is 0.532. The van der Waals surface area contributed by atoms with Gasteiger partial charge in [-0.05, 0) is 20.3 Å². The molecule has 1 atom stereocenters. The number of carbonyl (C=O) groups excluding carboxylic acids is 1. The van der Waals surface area contributed by atoms with Crippen LogP contribution >= 0.6 is 12.4 Å². The SMILES string of the molecule is CCOC(=O)C1=C(O)CNC(C)C1.Cl. The van der Waals surface area contributed by atoms with Gasteiger partial charge in [-0.25, -0.2) is 4.79 Å². The smallest absolute Gasteiger partial charge is 0.337 e. The van der Waals surface area contributed by atoms with E-state index in [0.29, 0.717) is 25.1 Å². The summed E-state index contributed by atoms with van der Waals surface area (Å²) in [6, 6.07) is 0.218. The summed E-state index contributed by atoms with van der Waals surface area (Å²) in [6.45, 7) is 4.42. The van der Waals surface area contributed by atoms with Crippen LogP contribution in [0.2, 0.25) is 0 Å². The lowest BCUT2D eigenvalue weighted by atomic mass is 10.0. The molecule has 0 amide bonds. The van der Waals surface area contributed by atoms with E-state index in [2.05, 4.69) is 5.32 Å². The molecule has 2 N–H and O–H groups in total. The maximum Gasteiger partial charge on any atom is 0.337 e. The monoisotopic (exact) mass is 221 g/mol. The topological polar surface area (TPSA) is 58.6 Å². The first-order chi connectivity index (χ1) is 6.15. The van der Waals surface area contributed by atoms with E-state index in [1.165, 1.54) is 0 Å². The van der Waals surface area contributed by atoms with Crippen LogP contribution in [0.5, 0.6) is 0 Å². The maximum absolute atomic E-state index is 11.3. The Bertz CT molecular complexity index is 240. The highest BCUT2D eigenvalue weighted by Crippen LogP contribution is 2.15. The number of aliphatic hydroxyl groups is 1. The van der Waals surface area contributed by atoms with Crippen molar-refractivity contribution in [2.24, 2.45) is 0 Å². The molecule has 1 heterocycles. The zero-order valence-corrected chi connectivity index (χ0v) is 9.19. The number of aliphatic hydroxyl groups excluding tert-OH is 1. The van der Waals surface area contributed by atoms with Gasteiger partial charge in [0.25, 0.3) is 0 Å². The van der Waals surface area contributed by atoms with Crippen LogP contribution in [0.25, 0.3) is 0 Å². The average molecular weight is 222 g/mol. The molecule has 0 saturated heterocycles. The predicted molar refractivity (Wildman–Crippen MR) is 55.6 cm³/mol. The summed E-state index contributed by atoms with van der Waals surface area (Å²) in [5.74, 6) is -0.287. The molecule has 0 bridgehead atoms. The van der Waals surface area contributed by atoms with Crippen molar-refractivity contribution in [3.63, 3.8) is 0 Å². The first-order valence-electron chi connectivity index (χ1n) is 4.46. The zero-order chi connectivity index (χ0) is 9.84. The number of rotatable bonds is 2. The highest BCUT2D eigenvalue weighted by atomic mass is 35.5. The molecular formula is C9H16ClNO3. The van der Waals surface area contributed by atoms with Crippen LogP contribution < -0.4 is 5.32 Å². The standard InChI is InChI=1S/C9H15NO3.ClH/c1-3-13-9(12)7-4-6(2)10-5-8(7)11;/h6,10-11H,3-5H2,1-2H3;1H. The van der Waals surface area contributed by atoms with Gasteiger partial charge < -0.3 is 15.2 Å². The second-order valence-corrected chi connectivity index (χ2v) is 3.13. The van der Waals surface area contributed by atoms with E-state index in [-0.39, 0.29) is 24.2 Å². The Balaban J connectivity index is 0.00000169. The van der Waals surface area contributed by atoms with Gasteiger partial charge in [0.1, 0.15) is 5.76 Å². The number of carbonyl (C=O) groups is 1. The average Bonchev–Trinajstić information content (AvgIpc) is 2.09. The second kappa shape index (κ2) is 5.88. The summed E-state index contributed by atoms with van der Waals surface area (Å²) in [5.41, 5.74) is 0.410. The number of ether oxygens (including phenoxy) is 1. The fraction of sp³-hybridized carbons (Fsp3) is 0.667. The van der Waals surface area contributed by atoms with Crippen molar-refractivity contribution in [1.29, 1.82) is 0 Å². The van der Waals surface area contributed by atoms with Gasteiger partial charge in [0.05, 0.1) is 18.7 Å². The van der Waals surface area contributed by atoms with Gasteiger partial charge in [0.15, 0.2) is 0 Å². The molecule has 0 aromatic heterocycles. The largest absolute Gasteiger partial charge is 0.510 e. The van der Waals surface area contributed by atoms with E-state index in [1.54, 1.807) is 6.92 Å². The Morgan fingerprint density at radius 3 is 2.93 bits per heavy atom. The van der Waals surface area contributed by atoms with Crippen LogP contribution in [0, 0.1) is 0 Å². The van der Waals surface area contributed by atoms with Crippen LogP contribution in [0.15, 0.2) is 11.3 Å². The molecule has 82 valence electrons. The lowest BCUT2D eigenvalue weighted by Gasteiger charge is -2.21. The number of halogens is 1. The van der Waals surface area contributed by atoms with Crippen molar-refractivity contribution in [2.45, 2.75) is 26.3 Å². The van der Waals surface area contributed by atoms with E-state index >= 15 is 0 Å². The van der Waals surface area contributed by atoms with Gasteiger partial charge in [-0.3, -0.25) is 0 Å². The molecule has 14 heavy (non-hydrogen) atoms. The number of hydrogen-bond donors (Lipinski definition) is 2. The lowest BCUT2D eigenvalue weighted by Crippen LogP contribution is -2.35. The maximum atomic E-state index is 11.3. The second-order valence-electron chi connectivity index (χ2n) is 3.13. The number of nitrogens with one attached hydrogen (secondary N) is 1. The minimum absolute atomic E-state index is 0. The van der Waals surface area contributed by atoms with Gasteiger partial charge in [-0.15, -0.1) is 12.4 Å². The summed E-state index contributed by atoms with van der Waals surface area (Å²) >= 11 is 0. The van der Waals surface area contributed by atoms with Gasteiger partial charge in [0, 0.05) is 6.04 Å². The molecule has 0 saturated carbocycles. The van der Waals surface area contributed by atoms with Gasteiger partial charge >= 0.3 is 5.97 Å². The summed E-state index contributed by atoms with van der Waals surface area (Å²) in [5, 5.41) is 12.4. The molecule has 0 aromatic rings. The predicted octanol–water partition coefficient (Wildman–Crippen LogP) is 1.17. The first-order valence-corrected chi connectivity index (χ1v) is 4.46. The Hall–Kier alpha value is -0.740. The summed E-state index contributed by atoms with van der Waals surface area (Å²) in [7, 11) is 0. The van der Waals surface area contributed by atoms with Crippen LogP contribution in [0.3, 0.4) is 0 Å². The molecule has 5 heteroatoms. The van der Waals surface area contributed by atoms with Crippen molar-refractivity contribution >= 4 is 18.4 Å². The highest BCUT2D eigenvalue weighted by molar-refractivity contribution is 5.89. The Kier molecular flexibility index (Phi) is 5.57. The quantitative estimate of drug-likeness (QED) is 0.688. The molecule has 1 rings (SSSR count). The van der Waals surface area contributed by atoms with Crippen molar-refractivity contribution < 1.29 is 14.6 Å². The van der Waals surface area contributed by atoms with E-state index in [4.69, 9.17) is 4.74 Å². The van der Waals surface area contributed by atoms with E-state index < -0.39 is 5.97 Å². The Labute approximate surface area is 89.7 Å². The van der Waals surface area contributed by atoms with Crippen LogP contribution in [0.1, 0.15) is 20.3 Å². The lowest BCUT2D eigenvalue weighted by molar-refractivity contribution is -0.139. The van der Waals surface area contributed by atoms with Gasteiger partial charge in [-0.2, -0.15) is 0 Å². The Morgan fingerprint density at radius 2 is 2.36 bits per heavy atom. The van der Waals surface area contributed by atoms with Gasteiger partial charge in [-0.1, -0.05) is 0 Å². The molecule has 1 unspecified atom stereocenters. The molecule has 1 aliphatic rings. The van der Waals surface area contributed by atoms with E-state index in [9.17, 15) is 9.90 Å². The zero-order valence-electron chi connectivity index (χ0n) is 8.37. The molecule has 0 aliphatic carbocycles. The van der Waals surface area contributed by atoms with Crippen LogP contribution in [-0.4, -0.2) is 30.3 Å². The van der Waals surface area contributed by atoms with Crippen molar-refractivity contribution in [1.82, 2.24) is 5.32 Å². The van der Waals surface area contributed by atoms with E-state index in [0.717, 1.165) is 0 Å². The first kappa shape index (κ1) is 13.3. The third-order valence-corrected chi connectivity index (χ3v) is 2.00. The molecule has 0 aromatic carbocycles. The number of esters is 1. The van der Waals surface area contributed by atoms with Gasteiger partial charge in [0.2, 0.25) is 0 Å². The fourth-order valence-corrected chi connectivity index (χ4v) is 1.29. The highest BCUT2D eigenvalue weighted by Gasteiger charge is 2.23. The van der Waals surface area contributed by atoms with Crippen molar-refractivity contribution in [2.75, 3.05) is 13.2 Å². The summed E-state index contributed by atoms with van der Waals surface area (Å²) < 4.78 is 4.82. The van der Waals surface area contributed by atoms with Crippen molar-refractivity contribution in [3.8, 4) is 0 Å². The van der Waals surface area contributed by atoms with E-state index in [1.807, 2.05) is 6.92 Å². The van der Waals surface area contributed by atoms with Crippen molar-refractivity contribution in [3.05, 3.63) is 11.3 Å². The third kappa shape index (κ3) is 3.20. The summed E-state index contributed by atoms with van der Waals surface area (Å²) in [4.78, 5) is 11.3. The molecule has 0 spiro atoms. The molecular weight excluding hydrogens is 206 g/mol. The normalized spacial score (nSPS) is 21.4. The molecule has 0 fully saturated rings. The molecule has 0 radical (unpaired) electrons. The fourth-order valence-electron chi connectivity index (χ4n) is 1.29. The van der Waals surface area contributed by atoms with Crippen LogP contribution in [-0.2, 0) is 9.53 Å².